The lowest BCUT2D eigenvalue weighted by Gasteiger charge is -2.30. The Morgan fingerprint density at radius 1 is 1.43 bits per heavy atom. The maximum atomic E-state index is 3.75. The van der Waals surface area contributed by atoms with Gasteiger partial charge in [-0.3, -0.25) is 0 Å². The molecule has 0 aliphatic carbocycles. The fourth-order valence-corrected chi connectivity index (χ4v) is 1.68. The van der Waals surface area contributed by atoms with Crippen LogP contribution >= 0.6 is 0 Å². The summed E-state index contributed by atoms with van der Waals surface area (Å²) in [5, 5.41) is 3.47. The quantitative estimate of drug-likeness (QED) is 0.475. The van der Waals surface area contributed by atoms with Crippen LogP contribution in [0, 0.1) is 5.41 Å². The summed E-state index contributed by atoms with van der Waals surface area (Å²) in [5.74, 6) is 0. The van der Waals surface area contributed by atoms with Crippen molar-refractivity contribution >= 4 is 0 Å². The van der Waals surface area contributed by atoms with Crippen molar-refractivity contribution in [3.63, 3.8) is 0 Å². The molecule has 0 atom stereocenters. The molecular weight excluding hydrogens is 172 g/mol. The van der Waals surface area contributed by atoms with E-state index < -0.39 is 0 Å². The standard InChI is InChI=1S/C12H26N2/c1-6-8-13-10-12(3,4)11-14(5)9-7-2/h7,13H,2,6,8-11H2,1,3-5H3. The topological polar surface area (TPSA) is 15.3 Å². The average Bonchev–Trinajstić information content (AvgIpc) is 2.03. The molecule has 0 radical (unpaired) electrons. The predicted molar refractivity (Wildman–Crippen MR) is 64.6 cm³/mol. The molecule has 0 aromatic heterocycles. The van der Waals surface area contributed by atoms with Gasteiger partial charge < -0.3 is 10.2 Å². The number of rotatable bonds is 8. The molecule has 0 fully saturated rings. The molecule has 0 saturated carbocycles. The zero-order valence-electron chi connectivity index (χ0n) is 10.3. The first kappa shape index (κ1) is 13.7. The highest BCUT2D eigenvalue weighted by molar-refractivity contribution is 4.78. The molecule has 14 heavy (non-hydrogen) atoms. The number of hydrogen-bond donors (Lipinski definition) is 1. The lowest BCUT2D eigenvalue weighted by atomic mass is 9.93. The van der Waals surface area contributed by atoms with Gasteiger partial charge in [0.15, 0.2) is 0 Å². The molecule has 2 nitrogen and oxygen atoms in total. The van der Waals surface area contributed by atoms with Gasteiger partial charge in [-0.05, 0) is 25.4 Å². The second-order valence-corrected chi connectivity index (χ2v) is 4.83. The lowest BCUT2D eigenvalue weighted by Crippen LogP contribution is -2.39. The van der Waals surface area contributed by atoms with E-state index in [2.05, 4.69) is 44.6 Å². The molecule has 0 bridgehead atoms. The molecule has 0 aliphatic rings. The van der Waals surface area contributed by atoms with Crippen LogP contribution in [-0.4, -0.2) is 38.1 Å². The molecule has 0 aliphatic heterocycles. The lowest BCUT2D eigenvalue weighted by molar-refractivity contribution is 0.218. The number of likely N-dealkylation sites (N-methyl/N-ethyl adjacent to an activating group) is 1. The van der Waals surface area contributed by atoms with Crippen molar-refractivity contribution in [1.29, 1.82) is 0 Å². The highest BCUT2D eigenvalue weighted by Gasteiger charge is 2.18. The van der Waals surface area contributed by atoms with Gasteiger partial charge >= 0.3 is 0 Å². The maximum absolute atomic E-state index is 3.75. The first-order chi connectivity index (χ1) is 6.52. The highest BCUT2D eigenvalue weighted by Crippen LogP contribution is 2.14. The van der Waals surface area contributed by atoms with Crippen molar-refractivity contribution < 1.29 is 0 Å². The Hall–Kier alpha value is -0.340. The molecule has 2 heteroatoms. The van der Waals surface area contributed by atoms with Gasteiger partial charge in [0.05, 0.1) is 0 Å². The summed E-state index contributed by atoms with van der Waals surface area (Å²) in [4.78, 5) is 2.31. The molecule has 0 unspecified atom stereocenters. The number of nitrogens with one attached hydrogen (secondary N) is 1. The second kappa shape index (κ2) is 7.02. The zero-order valence-corrected chi connectivity index (χ0v) is 10.3. The predicted octanol–water partition coefficient (Wildman–Crippen LogP) is 2.13. The SMILES string of the molecule is C=CCN(C)CC(C)(C)CNCCC. The van der Waals surface area contributed by atoms with Crippen molar-refractivity contribution in [2.75, 3.05) is 33.2 Å². The Morgan fingerprint density at radius 3 is 2.57 bits per heavy atom. The molecule has 0 amide bonds. The first-order valence-electron chi connectivity index (χ1n) is 5.52. The summed E-state index contributed by atoms with van der Waals surface area (Å²) in [7, 11) is 2.14. The van der Waals surface area contributed by atoms with Crippen LogP contribution in [0.25, 0.3) is 0 Å². The molecule has 0 aromatic carbocycles. The van der Waals surface area contributed by atoms with Crippen LogP contribution in [0.1, 0.15) is 27.2 Å². The van der Waals surface area contributed by atoms with E-state index >= 15 is 0 Å². The minimum absolute atomic E-state index is 0.340. The van der Waals surface area contributed by atoms with E-state index in [0.29, 0.717) is 5.41 Å². The highest BCUT2D eigenvalue weighted by atomic mass is 15.1. The van der Waals surface area contributed by atoms with Gasteiger partial charge in [-0.1, -0.05) is 26.8 Å². The fourth-order valence-electron chi connectivity index (χ4n) is 1.68. The Labute approximate surface area is 89.4 Å². The van der Waals surface area contributed by atoms with Gasteiger partial charge in [-0.2, -0.15) is 0 Å². The largest absolute Gasteiger partial charge is 0.316 e. The third kappa shape index (κ3) is 7.10. The van der Waals surface area contributed by atoms with Crippen molar-refractivity contribution in [2.24, 2.45) is 5.41 Å². The number of nitrogens with zero attached hydrogens (tertiary/aromatic N) is 1. The smallest absolute Gasteiger partial charge is 0.0157 e. The van der Waals surface area contributed by atoms with E-state index in [-0.39, 0.29) is 0 Å². The molecule has 84 valence electrons. The zero-order chi connectivity index (χ0) is 11.0. The Kier molecular flexibility index (Phi) is 6.85. The minimum atomic E-state index is 0.340. The fraction of sp³-hybridized carbons (Fsp3) is 0.833. The molecule has 1 N–H and O–H groups in total. The van der Waals surface area contributed by atoms with Crippen LogP contribution in [0.15, 0.2) is 12.7 Å². The second-order valence-electron chi connectivity index (χ2n) is 4.83. The van der Waals surface area contributed by atoms with E-state index in [1.54, 1.807) is 0 Å². The van der Waals surface area contributed by atoms with Crippen LogP contribution < -0.4 is 5.32 Å². The van der Waals surface area contributed by atoms with Gasteiger partial charge in [0.1, 0.15) is 0 Å². The van der Waals surface area contributed by atoms with E-state index in [9.17, 15) is 0 Å². The molecular formula is C12H26N2. The van der Waals surface area contributed by atoms with E-state index in [1.165, 1.54) is 6.42 Å². The summed E-state index contributed by atoms with van der Waals surface area (Å²) >= 11 is 0. The average molecular weight is 198 g/mol. The summed E-state index contributed by atoms with van der Waals surface area (Å²) in [6.07, 6.45) is 3.16. The van der Waals surface area contributed by atoms with Gasteiger partial charge in [0.25, 0.3) is 0 Å². The van der Waals surface area contributed by atoms with Crippen LogP contribution in [0.5, 0.6) is 0 Å². The summed E-state index contributed by atoms with van der Waals surface area (Å²) in [6, 6.07) is 0. The normalized spacial score (nSPS) is 12.1. The first-order valence-corrected chi connectivity index (χ1v) is 5.52. The van der Waals surface area contributed by atoms with Crippen molar-refractivity contribution in [3.8, 4) is 0 Å². The Bertz CT molecular complexity index is 152. The van der Waals surface area contributed by atoms with E-state index in [0.717, 1.165) is 26.2 Å². The van der Waals surface area contributed by atoms with Crippen LogP contribution in [0.2, 0.25) is 0 Å². The van der Waals surface area contributed by atoms with E-state index in [1.807, 2.05) is 6.08 Å². The molecule has 0 rings (SSSR count). The third-order valence-electron chi connectivity index (χ3n) is 2.17. The van der Waals surface area contributed by atoms with Gasteiger partial charge in [-0.25, -0.2) is 0 Å². The summed E-state index contributed by atoms with van der Waals surface area (Å²) in [5.41, 5.74) is 0.340. The monoisotopic (exact) mass is 198 g/mol. The maximum Gasteiger partial charge on any atom is 0.0157 e. The summed E-state index contributed by atoms with van der Waals surface area (Å²) < 4.78 is 0. The van der Waals surface area contributed by atoms with Gasteiger partial charge in [0, 0.05) is 19.6 Å². The van der Waals surface area contributed by atoms with Crippen LogP contribution in [-0.2, 0) is 0 Å². The Morgan fingerprint density at radius 2 is 2.07 bits per heavy atom. The molecule has 0 aromatic rings. The van der Waals surface area contributed by atoms with Crippen molar-refractivity contribution in [3.05, 3.63) is 12.7 Å². The summed E-state index contributed by atoms with van der Waals surface area (Å²) in [6.45, 7) is 14.8. The Balaban J connectivity index is 3.74. The van der Waals surface area contributed by atoms with Crippen molar-refractivity contribution in [2.45, 2.75) is 27.2 Å². The molecule has 0 spiro atoms. The van der Waals surface area contributed by atoms with Crippen LogP contribution in [0.3, 0.4) is 0 Å². The van der Waals surface area contributed by atoms with Crippen LogP contribution in [0.4, 0.5) is 0 Å². The van der Waals surface area contributed by atoms with Crippen molar-refractivity contribution in [1.82, 2.24) is 10.2 Å². The van der Waals surface area contributed by atoms with Gasteiger partial charge in [0.2, 0.25) is 0 Å². The molecule has 0 saturated heterocycles. The number of hydrogen-bond acceptors (Lipinski definition) is 2. The van der Waals surface area contributed by atoms with E-state index in [4.69, 9.17) is 0 Å². The minimum Gasteiger partial charge on any atom is -0.316 e. The molecule has 0 heterocycles. The van der Waals surface area contributed by atoms with Gasteiger partial charge in [-0.15, -0.1) is 6.58 Å². The third-order valence-corrected chi connectivity index (χ3v) is 2.17.